The molecule has 0 saturated heterocycles. The molecule has 0 amide bonds. The SMILES string of the molecule is CC(C)(C)Sc1ccncc1-c1ccc(C2(O)CC2)cc1. The number of hydrogen-bond donors (Lipinski definition) is 1. The third kappa shape index (κ3) is 3.30. The molecule has 0 radical (unpaired) electrons. The van der Waals surface area contributed by atoms with E-state index in [0.29, 0.717) is 0 Å². The second kappa shape index (κ2) is 5.15. The fraction of sp³-hybridized carbons (Fsp3) is 0.389. The molecule has 1 aliphatic rings. The topological polar surface area (TPSA) is 33.1 Å². The standard InChI is InChI=1S/C18H21NOS/c1-17(2,3)21-16-8-11-19-12-15(16)13-4-6-14(7-5-13)18(20)9-10-18/h4-8,11-12,20H,9-10H2,1-3H3. The third-order valence-corrected chi connectivity index (χ3v) is 4.84. The number of nitrogens with zero attached hydrogens (tertiary/aromatic N) is 1. The molecule has 1 aliphatic carbocycles. The molecule has 1 fully saturated rings. The lowest BCUT2D eigenvalue weighted by Crippen LogP contribution is -2.07. The van der Waals surface area contributed by atoms with Gasteiger partial charge in [0.2, 0.25) is 0 Å². The summed E-state index contributed by atoms with van der Waals surface area (Å²) in [5, 5.41) is 10.2. The van der Waals surface area contributed by atoms with Gasteiger partial charge in [0.05, 0.1) is 5.60 Å². The Kier molecular flexibility index (Phi) is 3.58. The summed E-state index contributed by atoms with van der Waals surface area (Å²) < 4.78 is 0.166. The summed E-state index contributed by atoms with van der Waals surface area (Å²) in [4.78, 5) is 5.52. The highest BCUT2D eigenvalue weighted by Crippen LogP contribution is 2.46. The van der Waals surface area contributed by atoms with Crippen molar-refractivity contribution in [2.45, 2.75) is 48.9 Å². The molecule has 0 aliphatic heterocycles. The number of hydrogen-bond acceptors (Lipinski definition) is 3. The largest absolute Gasteiger partial charge is 0.385 e. The molecule has 21 heavy (non-hydrogen) atoms. The van der Waals surface area contributed by atoms with Gasteiger partial charge in [0.1, 0.15) is 0 Å². The molecule has 110 valence electrons. The summed E-state index contributed by atoms with van der Waals surface area (Å²) in [6.07, 6.45) is 5.53. The summed E-state index contributed by atoms with van der Waals surface area (Å²) in [6, 6.07) is 10.3. The minimum Gasteiger partial charge on any atom is -0.385 e. The minimum atomic E-state index is -0.559. The lowest BCUT2D eigenvalue weighted by molar-refractivity contribution is 0.151. The number of aromatic nitrogens is 1. The first-order valence-corrected chi connectivity index (χ1v) is 8.15. The van der Waals surface area contributed by atoms with Crippen LogP contribution in [0.15, 0.2) is 47.6 Å². The van der Waals surface area contributed by atoms with Gasteiger partial charge in [-0.25, -0.2) is 0 Å². The van der Waals surface area contributed by atoms with Gasteiger partial charge >= 0.3 is 0 Å². The third-order valence-electron chi connectivity index (χ3n) is 3.65. The van der Waals surface area contributed by atoms with Gasteiger partial charge in [-0.15, -0.1) is 11.8 Å². The molecule has 0 atom stereocenters. The van der Waals surface area contributed by atoms with E-state index in [2.05, 4.69) is 44.0 Å². The Morgan fingerprint density at radius 2 is 1.76 bits per heavy atom. The Labute approximate surface area is 130 Å². The highest BCUT2D eigenvalue weighted by molar-refractivity contribution is 8.00. The summed E-state index contributed by atoms with van der Waals surface area (Å²) >= 11 is 1.85. The lowest BCUT2D eigenvalue weighted by atomic mass is 10.0. The van der Waals surface area contributed by atoms with E-state index in [1.54, 1.807) is 0 Å². The molecule has 0 spiro atoms. The number of pyridine rings is 1. The molecule has 0 unspecified atom stereocenters. The van der Waals surface area contributed by atoms with Crippen LogP contribution in [0.3, 0.4) is 0 Å². The molecule has 1 aromatic heterocycles. The van der Waals surface area contributed by atoms with E-state index >= 15 is 0 Å². The van der Waals surface area contributed by atoms with Crippen molar-refractivity contribution in [1.82, 2.24) is 4.98 Å². The molecule has 3 heteroatoms. The first kappa shape index (κ1) is 14.6. The van der Waals surface area contributed by atoms with Crippen LogP contribution in [-0.2, 0) is 5.60 Å². The Balaban J connectivity index is 1.93. The molecule has 3 rings (SSSR count). The number of rotatable bonds is 3. The molecular weight excluding hydrogens is 278 g/mol. The average molecular weight is 299 g/mol. The summed E-state index contributed by atoms with van der Waals surface area (Å²) in [5.41, 5.74) is 2.78. The quantitative estimate of drug-likeness (QED) is 0.839. The van der Waals surface area contributed by atoms with Gasteiger partial charge in [0, 0.05) is 27.6 Å². The van der Waals surface area contributed by atoms with Crippen molar-refractivity contribution in [2.24, 2.45) is 0 Å². The zero-order valence-electron chi connectivity index (χ0n) is 12.8. The highest BCUT2D eigenvalue weighted by Gasteiger charge is 2.41. The highest BCUT2D eigenvalue weighted by atomic mass is 32.2. The van der Waals surface area contributed by atoms with Crippen LogP contribution in [-0.4, -0.2) is 14.8 Å². The zero-order valence-corrected chi connectivity index (χ0v) is 13.6. The van der Waals surface area contributed by atoms with Crippen LogP contribution in [0, 0.1) is 0 Å². The normalized spacial score (nSPS) is 16.8. The zero-order chi connectivity index (χ0) is 15.1. The Bertz CT molecular complexity index is 639. The van der Waals surface area contributed by atoms with Crippen molar-refractivity contribution in [3.05, 3.63) is 48.3 Å². The van der Waals surface area contributed by atoms with Crippen LogP contribution >= 0.6 is 11.8 Å². The monoisotopic (exact) mass is 299 g/mol. The Morgan fingerprint density at radius 1 is 1.10 bits per heavy atom. The van der Waals surface area contributed by atoms with Crippen LogP contribution in [0.1, 0.15) is 39.2 Å². The maximum absolute atomic E-state index is 10.2. The second-order valence-electron chi connectivity index (χ2n) is 6.70. The van der Waals surface area contributed by atoms with Crippen LogP contribution < -0.4 is 0 Å². The van der Waals surface area contributed by atoms with E-state index in [1.165, 1.54) is 4.90 Å². The fourth-order valence-corrected chi connectivity index (χ4v) is 3.45. The van der Waals surface area contributed by atoms with Crippen molar-refractivity contribution in [3.8, 4) is 11.1 Å². The van der Waals surface area contributed by atoms with Crippen LogP contribution in [0.4, 0.5) is 0 Å². The van der Waals surface area contributed by atoms with Crippen molar-refractivity contribution < 1.29 is 5.11 Å². The fourth-order valence-electron chi connectivity index (χ4n) is 2.38. The Hall–Kier alpha value is -1.32. The van der Waals surface area contributed by atoms with E-state index in [-0.39, 0.29) is 4.75 Å². The lowest BCUT2D eigenvalue weighted by Gasteiger charge is -2.20. The van der Waals surface area contributed by atoms with Crippen molar-refractivity contribution in [3.63, 3.8) is 0 Å². The predicted molar refractivity (Wildman–Crippen MR) is 88.4 cm³/mol. The van der Waals surface area contributed by atoms with Gasteiger partial charge in [0.15, 0.2) is 0 Å². The first-order valence-electron chi connectivity index (χ1n) is 7.34. The number of benzene rings is 1. The predicted octanol–water partition coefficient (Wildman–Crippen LogP) is 4.62. The molecule has 1 heterocycles. The van der Waals surface area contributed by atoms with Crippen LogP contribution in [0.25, 0.3) is 11.1 Å². The van der Waals surface area contributed by atoms with E-state index in [4.69, 9.17) is 0 Å². The molecule has 1 aromatic carbocycles. The molecule has 0 bridgehead atoms. The maximum atomic E-state index is 10.2. The smallest absolute Gasteiger partial charge is 0.0899 e. The van der Waals surface area contributed by atoms with Gasteiger partial charge in [-0.3, -0.25) is 4.98 Å². The van der Waals surface area contributed by atoms with Gasteiger partial charge in [-0.1, -0.05) is 45.0 Å². The van der Waals surface area contributed by atoms with Gasteiger partial charge in [-0.2, -0.15) is 0 Å². The molecule has 1 N–H and O–H groups in total. The van der Waals surface area contributed by atoms with Crippen molar-refractivity contribution >= 4 is 11.8 Å². The van der Waals surface area contributed by atoms with E-state index in [9.17, 15) is 5.11 Å². The molecule has 2 nitrogen and oxygen atoms in total. The first-order chi connectivity index (χ1) is 9.87. The van der Waals surface area contributed by atoms with Gasteiger partial charge < -0.3 is 5.11 Å². The average Bonchev–Trinajstić information content (AvgIpc) is 3.17. The minimum absolute atomic E-state index is 0.166. The summed E-state index contributed by atoms with van der Waals surface area (Å²) in [7, 11) is 0. The van der Waals surface area contributed by atoms with Gasteiger partial charge in [-0.05, 0) is 30.0 Å². The molecule has 2 aromatic rings. The maximum Gasteiger partial charge on any atom is 0.0899 e. The number of thioether (sulfide) groups is 1. The van der Waals surface area contributed by atoms with Crippen LogP contribution in [0.5, 0.6) is 0 Å². The van der Waals surface area contributed by atoms with E-state index < -0.39 is 5.60 Å². The van der Waals surface area contributed by atoms with Crippen molar-refractivity contribution in [2.75, 3.05) is 0 Å². The summed E-state index contributed by atoms with van der Waals surface area (Å²) in [6.45, 7) is 6.65. The Morgan fingerprint density at radius 3 is 2.33 bits per heavy atom. The van der Waals surface area contributed by atoms with Crippen molar-refractivity contribution in [1.29, 1.82) is 0 Å². The van der Waals surface area contributed by atoms with E-state index in [0.717, 1.165) is 29.5 Å². The number of aliphatic hydroxyl groups is 1. The molecule has 1 saturated carbocycles. The second-order valence-corrected chi connectivity index (χ2v) is 8.56. The van der Waals surface area contributed by atoms with Crippen LogP contribution in [0.2, 0.25) is 0 Å². The molecular formula is C18H21NOS. The van der Waals surface area contributed by atoms with Gasteiger partial charge in [0.25, 0.3) is 0 Å². The summed E-state index contributed by atoms with van der Waals surface area (Å²) in [5.74, 6) is 0. The van der Waals surface area contributed by atoms with E-state index in [1.807, 2.05) is 36.3 Å².